The normalized spacial score (nSPS) is 16.0. The van der Waals surface area contributed by atoms with Crippen molar-refractivity contribution in [1.29, 1.82) is 0 Å². The molecule has 218 valence electrons. The maximum atomic E-state index is 13.7. The number of halogens is 1. The van der Waals surface area contributed by atoms with E-state index in [4.69, 9.17) is 9.47 Å². The number of carbonyl (C=O) groups excluding carboxylic acids is 1. The number of benzene rings is 3. The third-order valence-corrected chi connectivity index (χ3v) is 10.5. The standard InChI is InChI=1S/C28H30FN3O7S2/c29-21-5-9-23(10-6-21)32(41(36,37)25-13-14-26-27(19-25)39-18-17-38-26)20-28(33)30-22-7-11-24(12-8-22)40(34,35)31-15-3-1-2-4-16-31/h5-14,19H,1-4,15-18,20H2,(H,30,33). The van der Waals surface area contributed by atoms with Gasteiger partial charge < -0.3 is 14.8 Å². The molecule has 2 heterocycles. The van der Waals surface area contributed by atoms with Gasteiger partial charge in [0.15, 0.2) is 11.5 Å². The number of carbonyl (C=O) groups is 1. The summed E-state index contributed by atoms with van der Waals surface area (Å²) in [6, 6.07) is 14.6. The molecule has 0 unspecified atom stereocenters. The van der Waals surface area contributed by atoms with E-state index in [9.17, 15) is 26.0 Å². The fourth-order valence-electron chi connectivity index (χ4n) is 4.71. The highest BCUT2D eigenvalue weighted by Gasteiger charge is 2.29. The van der Waals surface area contributed by atoms with Crippen molar-refractivity contribution in [2.75, 3.05) is 42.5 Å². The van der Waals surface area contributed by atoms with E-state index in [1.54, 1.807) is 0 Å². The van der Waals surface area contributed by atoms with Crippen molar-refractivity contribution in [1.82, 2.24) is 4.31 Å². The fourth-order valence-corrected chi connectivity index (χ4v) is 7.66. The first-order valence-corrected chi connectivity index (χ1v) is 16.1. The van der Waals surface area contributed by atoms with Gasteiger partial charge in [0.2, 0.25) is 15.9 Å². The Balaban J connectivity index is 1.35. The SMILES string of the molecule is O=C(CN(c1ccc(F)cc1)S(=O)(=O)c1ccc2c(c1)OCCO2)Nc1ccc(S(=O)(=O)N2CCCCCC2)cc1. The zero-order chi connectivity index (χ0) is 29.0. The zero-order valence-corrected chi connectivity index (χ0v) is 23.8. The van der Waals surface area contributed by atoms with Crippen molar-refractivity contribution in [3.05, 3.63) is 72.5 Å². The number of hydrogen-bond donors (Lipinski definition) is 1. The van der Waals surface area contributed by atoms with Crippen molar-refractivity contribution < 1.29 is 35.5 Å². The maximum Gasteiger partial charge on any atom is 0.264 e. The average Bonchev–Trinajstić information content (AvgIpc) is 3.27. The molecular formula is C28H30FN3O7S2. The first-order chi connectivity index (χ1) is 19.6. The Hall–Kier alpha value is -3.68. The van der Waals surface area contributed by atoms with E-state index in [0.29, 0.717) is 31.1 Å². The van der Waals surface area contributed by atoms with Crippen LogP contribution in [0, 0.1) is 5.82 Å². The minimum Gasteiger partial charge on any atom is -0.486 e. The summed E-state index contributed by atoms with van der Waals surface area (Å²) in [6.07, 6.45) is 3.62. The monoisotopic (exact) mass is 603 g/mol. The molecule has 1 amide bonds. The molecule has 0 aliphatic carbocycles. The van der Waals surface area contributed by atoms with E-state index in [2.05, 4.69) is 5.32 Å². The minimum absolute atomic E-state index is 0.0790. The topological polar surface area (TPSA) is 122 Å². The lowest BCUT2D eigenvalue weighted by molar-refractivity contribution is -0.114. The molecule has 0 spiro atoms. The van der Waals surface area contributed by atoms with Gasteiger partial charge in [-0.1, -0.05) is 12.8 Å². The third kappa shape index (κ3) is 6.47. The van der Waals surface area contributed by atoms with Gasteiger partial charge in [-0.3, -0.25) is 9.10 Å². The van der Waals surface area contributed by atoms with Crippen LogP contribution in [0.15, 0.2) is 76.5 Å². The largest absolute Gasteiger partial charge is 0.486 e. The van der Waals surface area contributed by atoms with Crippen molar-refractivity contribution in [3.8, 4) is 11.5 Å². The Morgan fingerprint density at radius 1 is 0.805 bits per heavy atom. The number of nitrogens with zero attached hydrogens (tertiary/aromatic N) is 2. The molecule has 0 aromatic heterocycles. The lowest BCUT2D eigenvalue weighted by Crippen LogP contribution is -2.38. The maximum absolute atomic E-state index is 13.7. The average molecular weight is 604 g/mol. The highest BCUT2D eigenvalue weighted by molar-refractivity contribution is 7.92. The first kappa shape index (κ1) is 28.8. The lowest BCUT2D eigenvalue weighted by atomic mass is 10.2. The molecule has 10 nitrogen and oxygen atoms in total. The van der Waals surface area contributed by atoms with E-state index in [-0.39, 0.29) is 27.8 Å². The van der Waals surface area contributed by atoms with Crippen LogP contribution >= 0.6 is 0 Å². The second-order valence-corrected chi connectivity index (χ2v) is 13.5. The van der Waals surface area contributed by atoms with Crippen molar-refractivity contribution in [2.24, 2.45) is 0 Å². The van der Waals surface area contributed by atoms with Gasteiger partial charge in [-0.2, -0.15) is 4.31 Å². The molecule has 0 saturated carbocycles. The quantitative estimate of drug-likeness (QED) is 0.413. The summed E-state index contributed by atoms with van der Waals surface area (Å²) in [6.45, 7) is 0.914. The van der Waals surface area contributed by atoms with Gasteiger partial charge in [0.05, 0.1) is 15.5 Å². The fraction of sp³-hybridized carbons (Fsp3) is 0.321. The van der Waals surface area contributed by atoms with Crippen LogP contribution in [0.2, 0.25) is 0 Å². The Morgan fingerprint density at radius 3 is 2.07 bits per heavy atom. The number of amides is 1. The number of nitrogens with one attached hydrogen (secondary N) is 1. The summed E-state index contributed by atoms with van der Waals surface area (Å²) in [5.74, 6) is -0.581. The van der Waals surface area contributed by atoms with Crippen LogP contribution in [0.4, 0.5) is 15.8 Å². The Labute approximate surface area is 238 Å². The summed E-state index contributed by atoms with van der Waals surface area (Å²) in [5.41, 5.74) is 0.371. The first-order valence-electron chi connectivity index (χ1n) is 13.2. The second kappa shape index (κ2) is 12.0. The van der Waals surface area contributed by atoms with E-state index in [1.807, 2.05) is 0 Å². The number of ether oxygens (including phenoxy) is 2. The zero-order valence-electron chi connectivity index (χ0n) is 22.2. The molecule has 13 heteroatoms. The number of fused-ring (bicyclic) bond motifs is 1. The Kier molecular flexibility index (Phi) is 8.47. The van der Waals surface area contributed by atoms with Gasteiger partial charge >= 0.3 is 0 Å². The summed E-state index contributed by atoms with van der Waals surface area (Å²) in [7, 11) is -7.96. The van der Waals surface area contributed by atoms with Crippen LogP contribution in [0.1, 0.15) is 25.7 Å². The number of rotatable bonds is 8. The molecule has 1 N–H and O–H groups in total. The summed E-state index contributed by atoms with van der Waals surface area (Å²) in [5, 5.41) is 2.62. The molecule has 1 fully saturated rings. The number of sulfonamides is 2. The van der Waals surface area contributed by atoms with Crippen LogP contribution in [0.25, 0.3) is 0 Å². The minimum atomic E-state index is -4.30. The molecule has 2 aliphatic heterocycles. The predicted octanol–water partition coefficient (Wildman–Crippen LogP) is 4.00. The smallest absolute Gasteiger partial charge is 0.264 e. The van der Waals surface area contributed by atoms with E-state index in [1.165, 1.54) is 58.9 Å². The number of hydrogen-bond acceptors (Lipinski definition) is 7. The Bertz CT molecular complexity index is 1610. The van der Waals surface area contributed by atoms with Gasteiger partial charge in [-0.25, -0.2) is 21.2 Å². The van der Waals surface area contributed by atoms with Gasteiger partial charge in [0.1, 0.15) is 25.6 Å². The molecule has 3 aromatic rings. The van der Waals surface area contributed by atoms with E-state index < -0.39 is 38.3 Å². The van der Waals surface area contributed by atoms with Crippen LogP contribution in [0.5, 0.6) is 11.5 Å². The molecule has 0 atom stereocenters. The Morgan fingerprint density at radius 2 is 1.41 bits per heavy atom. The summed E-state index contributed by atoms with van der Waals surface area (Å²) in [4.78, 5) is 13.1. The van der Waals surface area contributed by atoms with Gasteiger partial charge in [0.25, 0.3) is 10.0 Å². The summed E-state index contributed by atoms with van der Waals surface area (Å²) < 4.78 is 80.5. The molecule has 41 heavy (non-hydrogen) atoms. The van der Waals surface area contributed by atoms with Crippen molar-refractivity contribution in [2.45, 2.75) is 35.5 Å². The van der Waals surface area contributed by atoms with Crippen LogP contribution in [-0.2, 0) is 24.8 Å². The second-order valence-electron chi connectivity index (χ2n) is 9.68. The lowest BCUT2D eigenvalue weighted by Gasteiger charge is -2.25. The summed E-state index contributed by atoms with van der Waals surface area (Å²) >= 11 is 0. The van der Waals surface area contributed by atoms with Gasteiger partial charge in [-0.15, -0.1) is 0 Å². The van der Waals surface area contributed by atoms with Crippen molar-refractivity contribution >= 4 is 37.3 Å². The van der Waals surface area contributed by atoms with Gasteiger partial charge in [0, 0.05) is 24.8 Å². The highest BCUT2D eigenvalue weighted by Crippen LogP contribution is 2.34. The predicted molar refractivity (Wildman–Crippen MR) is 151 cm³/mol. The van der Waals surface area contributed by atoms with Crippen LogP contribution in [-0.4, -0.2) is 59.9 Å². The van der Waals surface area contributed by atoms with E-state index in [0.717, 1.165) is 42.1 Å². The molecular weight excluding hydrogens is 573 g/mol. The van der Waals surface area contributed by atoms with Gasteiger partial charge in [-0.05, 0) is 73.5 Å². The van der Waals surface area contributed by atoms with Crippen LogP contribution in [0.3, 0.4) is 0 Å². The van der Waals surface area contributed by atoms with Crippen molar-refractivity contribution in [3.63, 3.8) is 0 Å². The third-order valence-electron chi connectivity index (χ3n) is 6.84. The number of anilines is 2. The molecule has 2 aliphatic rings. The molecule has 0 radical (unpaired) electrons. The molecule has 5 rings (SSSR count). The molecule has 3 aromatic carbocycles. The molecule has 0 bridgehead atoms. The van der Waals surface area contributed by atoms with Crippen LogP contribution < -0.4 is 19.1 Å². The van der Waals surface area contributed by atoms with E-state index >= 15 is 0 Å². The highest BCUT2D eigenvalue weighted by atomic mass is 32.2. The molecule has 1 saturated heterocycles.